The molecular formula is C24H24N4O2. The monoisotopic (exact) mass is 400 g/mol. The van der Waals surface area contributed by atoms with Crippen LogP contribution in [0.4, 0.5) is 0 Å². The van der Waals surface area contributed by atoms with Crippen LogP contribution >= 0.6 is 0 Å². The Hall–Kier alpha value is -3.85. The van der Waals surface area contributed by atoms with Gasteiger partial charge in [0.15, 0.2) is 0 Å². The molecule has 0 spiro atoms. The molecule has 0 aliphatic heterocycles. The number of rotatable bonds is 8. The largest absolute Gasteiger partial charge is 0.497 e. The number of carbonyl (C=O) groups is 1. The van der Waals surface area contributed by atoms with Gasteiger partial charge in [-0.25, -0.2) is 0 Å². The van der Waals surface area contributed by atoms with Gasteiger partial charge in [0.25, 0.3) is 5.91 Å². The van der Waals surface area contributed by atoms with E-state index in [9.17, 15) is 10.1 Å². The van der Waals surface area contributed by atoms with Crippen LogP contribution in [-0.2, 0) is 11.3 Å². The molecule has 0 aliphatic carbocycles. The molecule has 1 N–H and O–H groups in total. The lowest BCUT2D eigenvalue weighted by molar-refractivity contribution is -0.117. The van der Waals surface area contributed by atoms with E-state index in [2.05, 4.69) is 5.32 Å². The second-order valence-electron chi connectivity index (χ2n) is 6.77. The predicted molar refractivity (Wildman–Crippen MR) is 117 cm³/mol. The highest BCUT2D eigenvalue weighted by Crippen LogP contribution is 2.26. The van der Waals surface area contributed by atoms with Gasteiger partial charge in [0.05, 0.1) is 19.3 Å². The third kappa shape index (κ3) is 5.15. The Balaban J connectivity index is 2.01. The van der Waals surface area contributed by atoms with E-state index in [4.69, 9.17) is 9.84 Å². The molecule has 0 fully saturated rings. The number of nitrogens with one attached hydrogen (secondary N) is 1. The van der Waals surface area contributed by atoms with Crippen LogP contribution in [-0.4, -0.2) is 29.3 Å². The number of ether oxygens (including phenoxy) is 1. The maximum atomic E-state index is 12.3. The van der Waals surface area contributed by atoms with Crippen molar-refractivity contribution in [2.24, 2.45) is 0 Å². The highest BCUT2D eigenvalue weighted by molar-refractivity contribution is 6.02. The molecule has 2 aromatic carbocycles. The Morgan fingerprint density at radius 3 is 2.57 bits per heavy atom. The maximum absolute atomic E-state index is 12.3. The summed E-state index contributed by atoms with van der Waals surface area (Å²) in [6, 6.07) is 19.5. The van der Waals surface area contributed by atoms with Crippen molar-refractivity contribution >= 4 is 12.0 Å². The molecule has 1 aromatic heterocycles. The fraction of sp³-hybridized carbons (Fsp3) is 0.208. The summed E-state index contributed by atoms with van der Waals surface area (Å²) < 4.78 is 7.06. The smallest absolute Gasteiger partial charge is 0.261 e. The number of nitrogens with zero attached hydrogens (tertiary/aromatic N) is 3. The van der Waals surface area contributed by atoms with Crippen LogP contribution in [0.3, 0.4) is 0 Å². The Morgan fingerprint density at radius 1 is 1.20 bits per heavy atom. The minimum Gasteiger partial charge on any atom is -0.497 e. The van der Waals surface area contributed by atoms with Gasteiger partial charge in [-0.3, -0.25) is 9.48 Å². The molecule has 0 aliphatic rings. The zero-order valence-electron chi connectivity index (χ0n) is 17.1. The predicted octanol–water partition coefficient (Wildman–Crippen LogP) is 4.04. The zero-order valence-corrected chi connectivity index (χ0v) is 17.1. The minimum atomic E-state index is -0.379. The summed E-state index contributed by atoms with van der Waals surface area (Å²) in [6.45, 7) is 3.07. The second kappa shape index (κ2) is 10.1. The molecule has 0 saturated carbocycles. The Kier molecular flexibility index (Phi) is 7.01. The van der Waals surface area contributed by atoms with Gasteiger partial charge in [0, 0.05) is 23.9 Å². The summed E-state index contributed by atoms with van der Waals surface area (Å²) in [5.41, 5.74) is 3.44. The number of nitriles is 1. The van der Waals surface area contributed by atoms with Crippen LogP contribution < -0.4 is 10.1 Å². The molecule has 3 rings (SSSR count). The van der Waals surface area contributed by atoms with Crippen LogP contribution in [0.1, 0.15) is 24.5 Å². The minimum absolute atomic E-state index is 0.0532. The van der Waals surface area contributed by atoms with Crippen molar-refractivity contribution in [3.05, 3.63) is 77.5 Å². The van der Waals surface area contributed by atoms with E-state index in [-0.39, 0.29) is 11.5 Å². The molecule has 0 unspecified atom stereocenters. The molecule has 1 heterocycles. The van der Waals surface area contributed by atoms with E-state index in [1.165, 1.54) is 0 Å². The van der Waals surface area contributed by atoms with Crippen molar-refractivity contribution in [3.63, 3.8) is 0 Å². The van der Waals surface area contributed by atoms with Gasteiger partial charge in [0.1, 0.15) is 17.4 Å². The molecule has 6 nitrogen and oxygen atoms in total. The number of methoxy groups -OCH3 is 1. The lowest BCUT2D eigenvalue weighted by atomic mass is 10.1. The van der Waals surface area contributed by atoms with Gasteiger partial charge in [-0.2, -0.15) is 10.4 Å². The fourth-order valence-electron chi connectivity index (χ4n) is 3.00. The third-order valence-corrected chi connectivity index (χ3v) is 4.54. The topological polar surface area (TPSA) is 79.9 Å². The van der Waals surface area contributed by atoms with E-state index in [1.807, 2.05) is 78.5 Å². The number of hydrogen-bond acceptors (Lipinski definition) is 4. The molecule has 30 heavy (non-hydrogen) atoms. The second-order valence-corrected chi connectivity index (χ2v) is 6.77. The zero-order chi connectivity index (χ0) is 21.3. The number of aromatic nitrogens is 2. The summed E-state index contributed by atoms with van der Waals surface area (Å²) >= 11 is 0. The van der Waals surface area contributed by atoms with Gasteiger partial charge in [0.2, 0.25) is 0 Å². The summed E-state index contributed by atoms with van der Waals surface area (Å²) in [4.78, 5) is 12.3. The van der Waals surface area contributed by atoms with Gasteiger partial charge in [-0.15, -0.1) is 0 Å². The summed E-state index contributed by atoms with van der Waals surface area (Å²) in [6.07, 6.45) is 4.26. The Labute approximate surface area is 176 Å². The van der Waals surface area contributed by atoms with Crippen molar-refractivity contribution in [2.45, 2.75) is 19.9 Å². The first-order valence-electron chi connectivity index (χ1n) is 9.80. The first-order valence-corrected chi connectivity index (χ1v) is 9.80. The summed E-state index contributed by atoms with van der Waals surface area (Å²) in [5, 5.41) is 17.0. The highest BCUT2D eigenvalue weighted by atomic mass is 16.5. The average Bonchev–Trinajstić information content (AvgIpc) is 3.18. The standard InChI is InChI=1S/C24H24N4O2/c1-3-13-26-24(29)20(15-25)14-21-17-28(16-18-7-5-4-6-8-18)27-23(21)19-9-11-22(30-2)12-10-19/h4-12,14,17H,3,13,16H2,1-2H3,(H,26,29). The van der Waals surface area contributed by atoms with Crippen molar-refractivity contribution in [3.8, 4) is 23.1 Å². The van der Waals surface area contributed by atoms with Gasteiger partial charge in [-0.1, -0.05) is 37.3 Å². The SMILES string of the molecule is CCCNC(=O)C(C#N)=Cc1cn(Cc2ccccc2)nc1-c1ccc(OC)cc1. The van der Waals surface area contributed by atoms with Crippen LogP contribution in [0.5, 0.6) is 5.75 Å². The van der Waals surface area contributed by atoms with E-state index >= 15 is 0 Å². The molecule has 0 atom stereocenters. The lowest BCUT2D eigenvalue weighted by Crippen LogP contribution is -2.25. The van der Waals surface area contributed by atoms with E-state index in [0.29, 0.717) is 24.3 Å². The molecule has 6 heteroatoms. The average molecular weight is 400 g/mol. The van der Waals surface area contributed by atoms with E-state index in [0.717, 1.165) is 23.3 Å². The molecule has 152 valence electrons. The Morgan fingerprint density at radius 2 is 1.93 bits per heavy atom. The van der Waals surface area contributed by atoms with Crippen LogP contribution in [0.15, 0.2) is 66.4 Å². The van der Waals surface area contributed by atoms with Crippen molar-refractivity contribution in [2.75, 3.05) is 13.7 Å². The first-order chi connectivity index (χ1) is 14.6. The van der Waals surface area contributed by atoms with Crippen LogP contribution in [0, 0.1) is 11.3 Å². The summed E-state index contributed by atoms with van der Waals surface area (Å²) in [5.74, 6) is 0.368. The highest BCUT2D eigenvalue weighted by Gasteiger charge is 2.14. The maximum Gasteiger partial charge on any atom is 0.261 e. The fourth-order valence-corrected chi connectivity index (χ4v) is 3.00. The van der Waals surface area contributed by atoms with Gasteiger partial charge < -0.3 is 10.1 Å². The van der Waals surface area contributed by atoms with Gasteiger partial charge in [-0.05, 0) is 42.3 Å². The van der Waals surface area contributed by atoms with E-state index < -0.39 is 0 Å². The Bertz CT molecular complexity index is 1060. The molecule has 0 radical (unpaired) electrons. The van der Waals surface area contributed by atoms with Crippen molar-refractivity contribution in [1.29, 1.82) is 5.26 Å². The molecule has 1 amide bonds. The van der Waals surface area contributed by atoms with Crippen molar-refractivity contribution in [1.82, 2.24) is 15.1 Å². The third-order valence-electron chi connectivity index (χ3n) is 4.54. The lowest BCUT2D eigenvalue weighted by Gasteiger charge is -2.04. The normalized spacial score (nSPS) is 11.0. The molecule has 0 bridgehead atoms. The molecule has 3 aromatic rings. The number of benzene rings is 2. The number of hydrogen-bond donors (Lipinski definition) is 1. The first kappa shape index (κ1) is 20.9. The molecule has 0 saturated heterocycles. The number of amides is 1. The van der Waals surface area contributed by atoms with E-state index in [1.54, 1.807) is 13.2 Å². The molecular weight excluding hydrogens is 376 g/mol. The summed E-state index contributed by atoms with van der Waals surface area (Å²) in [7, 11) is 1.62. The van der Waals surface area contributed by atoms with Crippen molar-refractivity contribution < 1.29 is 9.53 Å². The number of carbonyl (C=O) groups excluding carboxylic acids is 1. The van der Waals surface area contributed by atoms with Gasteiger partial charge >= 0.3 is 0 Å². The quantitative estimate of drug-likeness (QED) is 0.457. The van der Waals surface area contributed by atoms with Crippen LogP contribution in [0.25, 0.3) is 17.3 Å². The van der Waals surface area contributed by atoms with Crippen LogP contribution in [0.2, 0.25) is 0 Å².